The highest BCUT2D eigenvalue weighted by molar-refractivity contribution is 5.97. The van der Waals surface area contributed by atoms with Crippen LogP contribution in [0.15, 0.2) is 84.9 Å². The van der Waals surface area contributed by atoms with E-state index in [1.165, 1.54) is 6.07 Å². The molecule has 1 heterocycles. The molecule has 0 spiro atoms. The Labute approximate surface area is 193 Å². The van der Waals surface area contributed by atoms with Crippen LogP contribution in [-0.2, 0) is 17.8 Å². The van der Waals surface area contributed by atoms with Gasteiger partial charge in [0.25, 0.3) is 5.91 Å². The molecule has 1 saturated heterocycles. The van der Waals surface area contributed by atoms with Crippen molar-refractivity contribution in [3.8, 4) is 0 Å². The van der Waals surface area contributed by atoms with Gasteiger partial charge >= 0.3 is 0 Å². The van der Waals surface area contributed by atoms with E-state index in [1.54, 1.807) is 41.3 Å². The van der Waals surface area contributed by atoms with Crippen molar-refractivity contribution in [2.24, 2.45) is 0 Å². The molecule has 3 aromatic carbocycles. The van der Waals surface area contributed by atoms with E-state index in [4.69, 9.17) is 0 Å². The third-order valence-electron chi connectivity index (χ3n) is 5.96. The Hall–Kier alpha value is -3.51. The van der Waals surface area contributed by atoms with Crippen LogP contribution in [0.2, 0.25) is 0 Å². The average molecular weight is 446 g/mol. The smallest absolute Gasteiger partial charge is 0.251 e. The fourth-order valence-electron chi connectivity index (χ4n) is 4.10. The van der Waals surface area contributed by atoms with Gasteiger partial charge in [-0.2, -0.15) is 0 Å². The summed E-state index contributed by atoms with van der Waals surface area (Å²) in [6.45, 7) is 2.92. The second-order valence-electron chi connectivity index (χ2n) is 8.27. The molecule has 0 unspecified atom stereocenters. The highest BCUT2D eigenvalue weighted by atomic mass is 19.1. The number of hydrogen-bond donors (Lipinski definition) is 1. The van der Waals surface area contributed by atoms with Crippen molar-refractivity contribution in [1.29, 1.82) is 0 Å². The number of amides is 2. The zero-order valence-electron chi connectivity index (χ0n) is 18.5. The Morgan fingerprint density at radius 2 is 1.42 bits per heavy atom. The van der Waals surface area contributed by atoms with Crippen LogP contribution in [0.1, 0.15) is 21.5 Å². The Kier molecular flexibility index (Phi) is 7.47. The Balaban J connectivity index is 1.41. The first-order chi connectivity index (χ1) is 16.1. The molecule has 6 heteroatoms. The molecule has 1 fully saturated rings. The van der Waals surface area contributed by atoms with Gasteiger partial charge in [-0.15, -0.1) is 0 Å². The van der Waals surface area contributed by atoms with E-state index in [0.717, 1.165) is 5.56 Å². The maximum absolute atomic E-state index is 14.0. The predicted molar refractivity (Wildman–Crippen MR) is 126 cm³/mol. The minimum Gasteiger partial charge on any atom is -0.340 e. The van der Waals surface area contributed by atoms with Gasteiger partial charge < -0.3 is 10.2 Å². The number of carbonyl (C=O) groups excluding carboxylic acids is 2. The van der Waals surface area contributed by atoms with Crippen LogP contribution in [0, 0.1) is 5.82 Å². The first kappa shape index (κ1) is 22.7. The van der Waals surface area contributed by atoms with Crippen molar-refractivity contribution >= 4 is 11.8 Å². The lowest BCUT2D eigenvalue weighted by Gasteiger charge is -2.36. The second-order valence-corrected chi connectivity index (χ2v) is 8.27. The van der Waals surface area contributed by atoms with Crippen LogP contribution >= 0.6 is 0 Å². The third-order valence-corrected chi connectivity index (χ3v) is 5.96. The van der Waals surface area contributed by atoms with E-state index in [2.05, 4.69) is 10.2 Å². The molecule has 2 amide bonds. The molecule has 1 N–H and O–H groups in total. The molecule has 0 radical (unpaired) electrons. The fraction of sp³-hybridized carbons (Fsp3) is 0.259. The molecule has 0 saturated carbocycles. The van der Waals surface area contributed by atoms with Crippen molar-refractivity contribution in [3.63, 3.8) is 0 Å². The minimum absolute atomic E-state index is 0.0892. The summed E-state index contributed by atoms with van der Waals surface area (Å²) < 4.78 is 14.0. The van der Waals surface area contributed by atoms with E-state index in [0.29, 0.717) is 50.3 Å². The average Bonchev–Trinajstić information content (AvgIpc) is 2.86. The minimum atomic E-state index is -0.654. The molecule has 33 heavy (non-hydrogen) atoms. The number of rotatable bonds is 7. The van der Waals surface area contributed by atoms with Gasteiger partial charge in [-0.1, -0.05) is 66.7 Å². The van der Waals surface area contributed by atoms with Gasteiger partial charge in [-0.25, -0.2) is 4.39 Å². The quantitative estimate of drug-likeness (QED) is 0.606. The van der Waals surface area contributed by atoms with Gasteiger partial charge in [0.05, 0.1) is 0 Å². The number of nitrogens with one attached hydrogen (secondary N) is 1. The normalized spacial score (nSPS) is 15.1. The summed E-state index contributed by atoms with van der Waals surface area (Å²) in [6.07, 6.45) is 0.424. The number of benzene rings is 3. The summed E-state index contributed by atoms with van der Waals surface area (Å²) >= 11 is 0. The lowest BCUT2D eigenvalue weighted by atomic mass is 10.0. The molecule has 170 valence electrons. The van der Waals surface area contributed by atoms with E-state index in [1.807, 2.05) is 42.5 Å². The number of hydrogen-bond acceptors (Lipinski definition) is 3. The lowest BCUT2D eigenvalue weighted by molar-refractivity contribution is -0.135. The maximum atomic E-state index is 14.0. The van der Waals surface area contributed by atoms with Crippen molar-refractivity contribution in [2.45, 2.75) is 19.0 Å². The highest BCUT2D eigenvalue weighted by Crippen LogP contribution is 2.14. The molecule has 3 aromatic rings. The van der Waals surface area contributed by atoms with E-state index in [-0.39, 0.29) is 17.6 Å². The summed E-state index contributed by atoms with van der Waals surface area (Å²) in [6, 6.07) is 24.8. The first-order valence-corrected chi connectivity index (χ1v) is 11.2. The first-order valence-electron chi connectivity index (χ1n) is 11.2. The predicted octanol–water partition coefficient (Wildman–Crippen LogP) is 3.51. The van der Waals surface area contributed by atoms with E-state index < -0.39 is 6.04 Å². The summed E-state index contributed by atoms with van der Waals surface area (Å²) in [5.41, 5.74) is 2.18. The number of nitrogens with zero attached hydrogens (tertiary/aromatic N) is 2. The number of halogens is 1. The van der Waals surface area contributed by atoms with Crippen molar-refractivity contribution in [3.05, 3.63) is 107 Å². The molecule has 1 aliphatic rings. The lowest BCUT2D eigenvalue weighted by Crippen LogP contribution is -2.55. The third kappa shape index (κ3) is 6.05. The Morgan fingerprint density at radius 1 is 0.818 bits per heavy atom. The van der Waals surface area contributed by atoms with Gasteiger partial charge in [0.2, 0.25) is 5.91 Å². The topological polar surface area (TPSA) is 52.7 Å². The summed E-state index contributed by atoms with van der Waals surface area (Å²) in [7, 11) is 0. The van der Waals surface area contributed by atoms with E-state index >= 15 is 0 Å². The van der Waals surface area contributed by atoms with Gasteiger partial charge in [0.15, 0.2) is 0 Å². The van der Waals surface area contributed by atoms with Crippen LogP contribution in [0.25, 0.3) is 0 Å². The highest BCUT2D eigenvalue weighted by Gasteiger charge is 2.29. The van der Waals surface area contributed by atoms with Crippen molar-refractivity contribution < 1.29 is 14.0 Å². The van der Waals surface area contributed by atoms with Crippen LogP contribution in [-0.4, -0.2) is 53.8 Å². The maximum Gasteiger partial charge on any atom is 0.251 e. The molecule has 0 bridgehead atoms. The monoisotopic (exact) mass is 445 g/mol. The second kappa shape index (κ2) is 10.9. The van der Waals surface area contributed by atoms with Crippen LogP contribution in [0.5, 0.6) is 0 Å². The molecular weight excluding hydrogens is 417 g/mol. The van der Waals surface area contributed by atoms with Gasteiger partial charge in [0, 0.05) is 50.3 Å². The molecule has 5 nitrogen and oxygen atoms in total. The number of carbonyl (C=O) groups is 2. The molecule has 4 rings (SSSR count). The Bertz CT molecular complexity index is 1070. The van der Waals surface area contributed by atoms with Crippen molar-refractivity contribution in [2.75, 3.05) is 26.2 Å². The van der Waals surface area contributed by atoms with Gasteiger partial charge in [-0.05, 0) is 23.8 Å². The number of piperazine rings is 1. The Morgan fingerprint density at radius 3 is 2.09 bits per heavy atom. The van der Waals surface area contributed by atoms with Crippen LogP contribution < -0.4 is 5.32 Å². The zero-order chi connectivity index (χ0) is 23.0. The van der Waals surface area contributed by atoms with Gasteiger partial charge in [-0.3, -0.25) is 14.5 Å². The summed E-state index contributed by atoms with van der Waals surface area (Å²) in [5.74, 6) is -0.556. The SMILES string of the molecule is O=C(N[C@H](Cc1ccccc1)C(=O)N1CCN(Cc2ccccc2F)CC1)c1ccccc1. The standard InChI is InChI=1S/C27H28FN3O2/c28-24-14-8-7-13-23(24)20-30-15-17-31(18-16-30)27(33)25(19-21-9-3-1-4-10-21)29-26(32)22-11-5-2-6-12-22/h1-14,25H,15-20H2,(H,29,32)/t25-/m1/s1. The van der Waals surface area contributed by atoms with Crippen LogP contribution in [0.4, 0.5) is 4.39 Å². The van der Waals surface area contributed by atoms with Crippen molar-refractivity contribution in [1.82, 2.24) is 15.1 Å². The summed E-state index contributed by atoms with van der Waals surface area (Å²) in [5, 5.41) is 2.94. The largest absolute Gasteiger partial charge is 0.340 e. The van der Waals surface area contributed by atoms with Gasteiger partial charge in [0.1, 0.15) is 11.9 Å². The molecule has 1 atom stereocenters. The summed E-state index contributed by atoms with van der Waals surface area (Å²) in [4.78, 5) is 30.2. The van der Waals surface area contributed by atoms with Crippen LogP contribution in [0.3, 0.4) is 0 Å². The molecule has 1 aliphatic heterocycles. The van der Waals surface area contributed by atoms with E-state index in [9.17, 15) is 14.0 Å². The molecule has 0 aliphatic carbocycles. The molecular formula is C27H28FN3O2. The zero-order valence-corrected chi connectivity index (χ0v) is 18.5. The molecule has 0 aromatic heterocycles. The fourth-order valence-corrected chi connectivity index (χ4v) is 4.10.